The standard InChI is InChI=1S/C8H11NO/c1-3-9-7(2)5-4-6-8(9)10/h4-6H,3H2,1-2H3. The SMILES string of the molecule is CCn1c(C)cccc1=O. The van der Waals surface area contributed by atoms with E-state index in [1.807, 2.05) is 19.9 Å². The second-order valence-electron chi connectivity index (χ2n) is 2.25. The fourth-order valence-electron chi connectivity index (χ4n) is 1.03. The number of aromatic nitrogens is 1. The van der Waals surface area contributed by atoms with Gasteiger partial charge >= 0.3 is 0 Å². The van der Waals surface area contributed by atoms with Gasteiger partial charge in [-0.3, -0.25) is 4.79 Å². The Morgan fingerprint density at radius 1 is 1.50 bits per heavy atom. The van der Waals surface area contributed by atoms with Crippen LogP contribution in [0, 0.1) is 6.92 Å². The molecule has 54 valence electrons. The zero-order valence-electron chi connectivity index (χ0n) is 6.29. The van der Waals surface area contributed by atoms with E-state index in [1.54, 1.807) is 16.7 Å². The Hall–Kier alpha value is -1.05. The molecular formula is C8H11NO. The fourth-order valence-corrected chi connectivity index (χ4v) is 1.03. The highest BCUT2D eigenvalue weighted by atomic mass is 16.1. The first-order valence-corrected chi connectivity index (χ1v) is 3.42. The number of pyridine rings is 1. The van der Waals surface area contributed by atoms with Crippen molar-refractivity contribution < 1.29 is 0 Å². The van der Waals surface area contributed by atoms with Crippen LogP contribution >= 0.6 is 0 Å². The summed E-state index contributed by atoms with van der Waals surface area (Å²) in [6.45, 7) is 4.66. The highest BCUT2D eigenvalue weighted by Gasteiger charge is 1.92. The lowest BCUT2D eigenvalue weighted by Gasteiger charge is -2.03. The van der Waals surface area contributed by atoms with Gasteiger partial charge in [-0.15, -0.1) is 0 Å². The largest absolute Gasteiger partial charge is 0.313 e. The lowest BCUT2D eigenvalue weighted by molar-refractivity contribution is 0.700. The molecule has 1 rings (SSSR count). The first-order valence-electron chi connectivity index (χ1n) is 3.42. The van der Waals surface area contributed by atoms with Gasteiger partial charge in [-0.25, -0.2) is 0 Å². The first kappa shape index (κ1) is 7.06. The van der Waals surface area contributed by atoms with Gasteiger partial charge in [0.05, 0.1) is 0 Å². The smallest absolute Gasteiger partial charge is 0.250 e. The highest BCUT2D eigenvalue weighted by Crippen LogP contribution is 1.91. The van der Waals surface area contributed by atoms with Crippen LogP contribution in [0.25, 0.3) is 0 Å². The van der Waals surface area contributed by atoms with Gasteiger partial charge in [-0.05, 0) is 19.9 Å². The van der Waals surface area contributed by atoms with Crippen molar-refractivity contribution in [3.8, 4) is 0 Å². The van der Waals surface area contributed by atoms with Gasteiger partial charge in [-0.2, -0.15) is 0 Å². The van der Waals surface area contributed by atoms with Gasteiger partial charge in [-0.1, -0.05) is 6.07 Å². The van der Waals surface area contributed by atoms with Crippen LogP contribution in [0.4, 0.5) is 0 Å². The molecule has 1 aromatic rings. The Bertz CT molecular complexity index is 275. The fraction of sp³-hybridized carbons (Fsp3) is 0.375. The quantitative estimate of drug-likeness (QED) is 0.569. The minimum absolute atomic E-state index is 0.0856. The lowest BCUT2D eigenvalue weighted by atomic mass is 10.3. The van der Waals surface area contributed by atoms with Crippen molar-refractivity contribution >= 4 is 0 Å². The summed E-state index contributed by atoms with van der Waals surface area (Å²) in [5.41, 5.74) is 1.11. The molecule has 2 heteroatoms. The van der Waals surface area contributed by atoms with Gasteiger partial charge in [0.2, 0.25) is 0 Å². The summed E-state index contributed by atoms with van der Waals surface area (Å²) < 4.78 is 1.74. The Morgan fingerprint density at radius 2 is 2.20 bits per heavy atom. The van der Waals surface area contributed by atoms with E-state index < -0.39 is 0 Å². The summed E-state index contributed by atoms with van der Waals surface area (Å²) in [4.78, 5) is 11.0. The number of aryl methyl sites for hydroxylation is 1. The van der Waals surface area contributed by atoms with Crippen molar-refractivity contribution in [1.82, 2.24) is 4.57 Å². The molecule has 0 radical (unpaired) electrons. The predicted molar refractivity (Wildman–Crippen MR) is 41.1 cm³/mol. The number of rotatable bonds is 1. The van der Waals surface area contributed by atoms with E-state index >= 15 is 0 Å². The summed E-state index contributed by atoms with van der Waals surface area (Å²) >= 11 is 0. The zero-order chi connectivity index (χ0) is 7.56. The molecular weight excluding hydrogens is 126 g/mol. The molecule has 0 unspecified atom stereocenters. The van der Waals surface area contributed by atoms with Crippen LogP contribution in [0.5, 0.6) is 0 Å². The third-order valence-electron chi connectivity index (χ3n) is 1.58. The Kier molecular flexibility index (Phi) is 1.90. The first-order chi connectivity index (χ1) is 4.75. The van der Waals surface area contributed by atoms with E-state index in [1.165, 1.54) is 0 Å². The van der Waals surface area contributed by atoms with Gasteiger partial charge in [0.25, 0.3) is 5.56 Å². The predicted octanol–water partition coefficient (Wildman–Crippen LogP) is 1.18. The summed E-state index contributed by atoms with van der Waals surface area (Å²) in [6, 6.07) is 5.30. The maximum atomic E-state index is 11.0. The molecule has 0 bridgehead atoms. The van der Waals surface area contributed by atoms with Crippen molar-refractivity contribution in [2.75, 3.05) is 0 Å². The second kappa shape index (κ2) is 2.69. The maximum absolute atomic E-state index is 11.0. The summed E-state index contributed by atoms with van der Waals surface area (Å²) in [5.74, 6) is 0. The van der Waals surface area contributed by atoms with Crippen molar-refractivity contribution in [3.63, 3.8) is 0 Å². The zero-order valence-corrected chi connectivity index (χ0v) is 6.29. The molecule has 0 saturated carbocycles. The van der Waals surface area contributed by atoms with E-state index in [0.29, 0.717) is 0 Å². The van der Waals surface area contributed by atoms with Crippen LogP contribution in [0.3, 0.4) is 0 Å². The molecule has 0 fully saturated rings. The van der Waals surface area contributed by atoms with Crippen LogP contribution in [0.1, 0.15) is 12.6 Å². The van der Waals surface area contributed by atoms with Crippen molar-refractivity contribution in [2.45, 2.75) is 20.4 Å². The molecule has 0 aliphatic rings. The van der Waals surface area contributed by atoms with E-state index in [0.717, 1.165) is 12.2 Å². The molecule has 0 N–H and O–H groups in total. The van der Waals surface area contributed by atoms with Crippen LogP contribution in [0.2, 0.25) is 0 Å². The summed E-state index contributed by atoms with van der Waals surface area (Å²) in [7, 11) is 0. The molecule has 0 aliphatic carbocycles. The minimum Gasteiger partial charge on any atom is -0.313 e. The van der Waals surface area contributed by atoms with E-state index in [9.17, 15) is 4.79 Å². The van der Waals surface area contributed by atoms with Gasteiger partial charge in [0.15, 0.2) is 0 Å². The van der Waals surface area contributed by atoms with Crippen LogP contribution in [0.15, 0.2) is 23.0 Å². The topological polar surface area (TPSA) is 22.0 Å². The summed E-state index contributed by atoms with van der Waals surface area (Å²) in [6.07, 6.45) is 0. The molecule has 0 saturated heterocycles. The monoisotopic (exact) mass is 137 g/mol. The number of hydrogen-bond acceptors (Lipinski definition) is 1. The Morgan fingerprint density at radius 3 is 2.60 bits per heavy atom. The highest BCUT2D eigenvalue weighted by molar-refractivity contribution is 5.03. The van der Waals surface area contributed by atoms with Gasteiger partial charge in [0.1, 0.15) is 0 Å². The maximum Gasteiger partial charge on any atom is 0.250 e. The molecule has 0 amide bonds. The molecule has 0 spiro atoms. The van der Waals surface area contributed by atoms with E-state index in [2.05, 4.69) is 0 Å². The summed E-state index contributed by atoms with van der Waals surface area (Å²) in [5, 5.41) is 0. The Labute approximate surface area is 60.1 Å². The van der Waals surface area contributed by atoms with Crippen molar-refractivity contribution in [1.29, 1.82) is 0 Å². The molecule has 10 heavy (non-hydrogen) atoms. The van der Waals surface area contributed by atoms with Crippen molar-refractivity contribution in [2.24, 2.45) is 0 Å². The number of hydrogen-bond donors (Lipinski definition) is 0. The molecule has 1 aromatic heterocycles. The van der Waals surface area contributed by atoms with Gasteiger partial charge < -0.3 is 4.57 Å². The van der Waals surface area contributed by atoms with Crippen LogP contribution in [-0.4, -0.2) is 4.57 Å². The lowest BCUT2D eigenvalue weighted by Crippen LogP contribution is -2.19. The number of nitrogens with zero attached hydrogens (tertiary/aromatic N) is 1. The molecule has 0 aromatic carbocycles. The molecule has 0 atom stereocenters. The van der Waals surface area contributed by atoms with Crippen LogP contribution in [-0.2, 0) is 6.54 Å². The Balaban J connectivity index is 3.31. The molecule has 1 heterocycles. The minimum atomic E-state index is 0.0856. The molecule has 2 nitrogen and oxygen atoms in total. The van der Waals surface area contributed by atoms with E-state index in [4.69, 9.17) is 0 Å². The van der Waals surface area contributed by atoms with Gasteiger partial charge in [0, 0.05) is 18.3 Å². The third-order valence-corrected chi connectivity index (χ3v) is 1.58. The van der Waals surface area contributed by atoms with Crippen molar-refractivity contribution in [3.05, 3.63) is 34.2 Å². The van der Waals surface area contributed by atoms with E-state index in [-0.39, 0.29) is 5.56 Å². The normalized spacial score (nSPS) is 9.80. The average molecular weight is 137 g/mol. The second-order valence-corrected chi connectivity index (χ2v) is 2.25. The third kappa shape index (κ3) is 1.10. The van der Waals surface area contributed by atoms with Crippen LogP contribution < -0.4 is 5.56 Å². The molecule has 0 aliphatic heterocycles. The average Bonchev–Trinajstić information content (AvgIpc) is 1.88.